The zero-order valence-electron chi connectivity index (χ0n) is 86.3. The van der Waals surface area contributed by atoms with Gasteiger partial charge in [-0.15, -0.1) is 0 Å². The fourth-order valence-corrected chi connectivity index (χ4v) is 26.9. The van der Waals surface area contributed by atoms with E-state index in [9.17, 15) is 0 Å². The van der Waals surface area contributed by atoms with Crippen LogP contribution >= 0.6 is 0 Å². The van der Waals surface area contributed by atoms with Gasteiger partial charge in [-0.1, -0.05) is 388 Å². The lowest BCUT2D eigenvalue weighted by Crippen LogP contribution is -2.29. The monoisotopic (exact) mass is 1910 g/mol. The Bertz CT molecular complexity index is 8390. The Morgan fingerprint density at radius 1 is 0.162 bits per heavy atom. The zero-order valence-corrected chi connectivity index (χ0v) is 86.3. The zero-order chi connectivity index (χ0) is 101. The molecule has 8 aliphatic rings. The van der Waals surface area contributed by atoms with E-state index in [1.54, 1.807) is 0 Å². The van der Waals surface area contributed by atoms with Crippen molar-refractivity contribution in [2.75, 3.05) is 119 Å². The number of nitrogens with zero attached hydrogens (tertiary/aromatic N) is 8. The van der Waals surface area contributed by atoms with Crippen LogP contribution < -0.4 is 34.3 Å². The Balaban J connectivity index is 0.000000103. The van der Waals surface area contributed by atoms with Crippen molar-refractivity contribution in [3.63, 3.8) is 0 Å². The molecule has 28 rings (SSSR count). The number of hydrogen-bond donors (Lipinski definition) is 0. The van der Waals surface area contributed by atoms with Crippen molar-refractivity contribution in [3.05, 3.63) is 572 Å². The predicted octanol–water partition coefficient (Wildman–Crippen LogP) is 31.1. The summed E-state index contributed by atoms with van der Waals surface area (Å²) in [6.07, 6.45) is 0. The summed E-state index contributed by atoms with van der Waals surface area (Å²) in [5.41, 5.74) is 57.9. The standard InChI is InChI=1S/C36H32N2.2C35H30N2.C34H28N2/c1-37(2)27-21-19-25(20-22-27)23-38(3)24-26-11-10-18-34-35(26)30-14-6-9-17-33(30)36(34)31-15-7-4-12-28(31)29-13-5-8-16-32(29)36;1-36(2)25-13-11-14-26(22-25)37(3)23-24-12-10-18-30-29-17-6-9-21-33(29)35(34(24)30)31-19-7-4-15-27(31)28-16-5-8-20-32(28)35;1-36(2)25-13-10-12-24(22-25)23-37(3)33-21-11-17-29-28-16-6-9-20-32(28)35(34(29)33)30-18-7-4-14-26(30)27-15-5-8-19-31(27)35;1-35(2)23-12-10-13-24(22-23)36(3)32-21-11-17-28-27-16-6-9-20-31(27)34(33(28)32)29-18-7-4-14-25(29)26-15-5-8-19-30(26)34/h4-22H,23-24H2,1-3H3;2*4-22H,23H2,1-3H3;4-22H,1-3H3. The number of fused-ring (bicyclic) bond motifs is 40. The maximum atomic E-state index is 2.44. The third kappa shape index (κ3) is 14.1. The van der Waals surface area contributed by atoms with Crippen LogP contribution in [0, 0.1) is 0 Å². The Morgan fingerprint density at radius 2 is 0.439 bits per heavy atom. The van der Waals surface area contributed by atoms with Gasteiger partial charge in [-0.25, -0.2) is 0 Å². The molecule has 148 heavy (non-hydrogen) atoms. The second-order valence-electron chi connectivity index (χ2n) is 42.0. The van der Waals surface area contributed by atoms with Crippen LogP contribution in [0.5, 0.6) is 0 Å². The SMILES string of the molecule is CN(C)c1cccc(CN(C)c2cccc3c2C2(c4ccccc4-c4ccccc42)c2ccccc2-3)c1.CN(C)c1cccc(N(C)Cc2cccc3c2C2(c4ccccc4-c4ccccc42)c2ccccc2-3)c1.CN(C)c1cccc(N(C)c2cccc3c2C2(c4ccccc4-c4ccccc42)c2ccccc2-3)c1.CN(Cc1ccc(N(C)C)cc1)Cc1cccc2c1-c1ccccc1C21c2ccccc2-c2ccccc21. The van der Waals surface area contributed by atoms with Crippen molar-refractivity contribution >= 4 is 45.5 Å². The molecule has 20 aromatic carbocycles. The summed E-state index contributed by atoms with van der Waals surface area (Å²) in [5.74, 6) is 0. The van der Waals surface area contributed by atoms with E-state index >= 15 is 0 Å². The van der Waals surface area contributed by atoms with Gasteiger partial charge < -0.3 is 34.3 Å². The summed E-state index contributed by atoms with van der Waals surface area (Å²) in [7, 11) is 25.6. The fourth-order valence-electron chi connectivity index (χ4n) is 26.9. The molecule has 0 bridgehead atoms. The van der Waals surface area contributed by atoms with Crippen molar-refractivity contribution in [2.24, 2.45) is 0 Å². The van der Waals surface area contributed by atoms with Crippen LogP contribution in [-0.4, -0.2) is 89.5 Å². The van der Waals surface area contributed by atoms with Crippen molar-refractivity contribution in [2.45, 2.75) is 47.8 Å². The lowest BCUT2D eigenvalue weighted by Gasteiger charge is -2.34. The first kappa shape index (κ1) is 92.1. The van der Waals surface area contributed by atoms with Gasteiger partial charge in [0.25, 0.3) is 0 Å². The minimum atomic E-state index is -0.344. The van der Waals surface area contributed by atoms with Crippen LogP contribution in [0.3, 0.4) is 0 Å². The van der Waals surface area contributed by atoms with E-state index in [0.717, 1.165) is 26.2 Å². The van der Waals surface area contributed by atoms with Crippen LogP contribution in [-0.2, 0) is 47.8 Å². The molecule has 8 nitrogen and oxygen atoms in total. The Labute approximate surface area is 872 Å². The van der Waals surface area contributed by atoms with Gasteiger partial charge in [-0.05, 0) is 269 Å². The molecule has 20 aromatic rings. The second kappa shape index (κ2) is 36.6. The van der Waals surface area contributed by atoms with Crippen molar-refractivity contribution in [3.8, 4) is 89.0 Å². The predicted molar refractivity (Wildman–Crippen MR) is 621 cm³/mol. The number of hydrogen-bond acceptors (Lipinski definition) is 8. The summed E-state index contributed by atoms with van der Waals surface area (Å²) < 4.78 is 0. The topological polar surface area (TPSA) is 25.9 Å². The molecular formula is C140H120N8. The van der Waals surface area contributed by atoms with E-state index in [1.807, 2.05) is 0 Å². The first-order valence-corrected chi connectivity index (χ1v) is 52.0. The highest BCUT2D eigenvalue weighted by Gasteiger charge is 2.58. The molecule has 0 atom stereocenters. The van der Waals surface area contributed by atoms with Crippen LogP contribution in [0.1, 0.15) is 111 Å². The highest BCUT2D eigenvalue weighted by molar-refractivity contribution is 6.03. The normalized spacial score (nSPS) is 13.7. The minimum Gasteiger partial charge on any atom is -0.378 e. The molecule has 0 aliphatic heterocycles. The summed E-state index contributed by atoms with van der Waals surface area (Å²) in [5, 5.41) is 0. The van der Waals surface area contributed by atoms with Crippen LogP contribution in [0.15, 0.2) is 461 Å². The summed E-state index contributed by atoms with van der Waals surface area (Å²) in [4.78, 5) is 18.3. The minimum absolute atomic E-state index is 0.268. The second-order valence-corrected chi connectivity index (χ2v) is 42.0. The fraction of sp³-hybridized carbons (Fsp3) is 0.143. The Kier molecular flexibility index (Phi) is 22.8. The Morgan fingerprint density at radius 3 is 0.845 bits per heavy atom. The van der Waals surface area contributed by atoms with E-state index in [2.05, 4.69) is 585 Å². The molecule has 0 amide bonds. The maximum Gasteiger partial charge on any atom is 0.0745 e. The van der Waals surface area contributed by atoms with Gasteiger partial charge >= 0.3 is 0 Å². The van der Waals surface area contributed by atoms with Crippen molar-refractivity contribution < 1.29 is 0 Å². The average Bonchev–Trinajstić information content (AvgIpc) is 1.52. The molecule has 0 radical (unpaired) electrons. The molecule has 8 heteroatoms. The summed E-state index contributed by atoms with van der Waals surface area (Å²) >= 11 is 0. The third-order valence-corrected chi connectivity index (χ3v) is 33.1. The molecule has 8 aliphatic carbocycles. The van der Waals surface area contributed by atoms with E-state index in [-0.39, 0.29) is 21.7 Å². The molecule has 720 valence electrons. The molecule has 0 saturated heterocycles. The van der Waals surface area contributed by atoms with Gasteiger partial charge in [0.1, 0.15) is 0 Å². The number of benzene rings is 20. The van der Waals surface area contributed by atoms with Crippen LogP contribution in [0.2, 0.25) is 0 Å². The van der Waals surface area contributed by atoms with Crippen molar-refractivity contribution in [1.29, 1.82) is 0 Å². The molecule has 4 spiro atoms. The van der Waals surface area contributed by atoms with Gasteiger partial charge in [0.15, 0.2) is 0 Å². The molecule has 0 aromatic heterocycles. The van der Waals surface area contributed by atoms with Gasteiger partial charge in [0.2, 0.25) is 0 Å². The van der Waals surface area contributed by atoms with E-state index in [0.29, 0.717) is 0 Å². The number of rotatable bonds is 16. The van der Waals surface area contributed by atoms with Crippen molar-refractivity contribution in [1.82, 2.24) is 4.90 Å². The Hall–Kier alpha value is -17.0. The molecule has 0 fully saturated rings. The molecule has 0 saturated carbocycles. The highest BCUT2D eigenvalue weighted by Crippen LogP contribution is 2.70. The lowest BCUT2D eigenvalue weighted by molar-refractivity contribution is 0.319. The molecule has 0 N–H and O–H groups in total. The largest absolute Gasteiger partial charge is 0.378 e. The van der Waals surface area contributed by atoms with E-state index in [4.69, 9.17) is 0 Å². The quantitative estimate of drug-likeness (QED) is 0.0944. The average molecular weight is 1910 g/mol. The summed E-state index contributed by atoms with van der Waals surface area (Å²) in [6, 6.07) is 171. The summed E-state index contributed by atoms with van der Waals surface area (Å²) in [6.45, 7) is 3.48. The van der Waals surface area contributed by atoms with Gasteiger partial charge in [0, 0.05) is 160 Å². The molecule has 0 heterocycles. The van der Waals surface area contributed by atoms with Gasteiger partial charge in [-0.3, -0.25) is 4.90 Å². The molecular weight excluding hydrogens is 1790 g/mol. The van der Waals surface area contributed by atoms with Crippen LogP contribution in [0.4, 0.5) is 45.5 Å². The third-order valence-electron chi connectivity index (χ3n) is 33.1. The van der Waals surface area contributed by atoms with Gasteiger partial charge in [0.05, 0.1) is 21.7 Å². The first-order chi connectivity index (χ1) is 72.4. The smallest absolute Gasteiger partial charge is 0.0745 e. The number of anilines is 8. The van der Waals surface area contributed by atoms with Crippen LogP contribution in [0.25, 0.3) is 89.0 Å². The lowest BCUT2D eigenvalue weighted by atomic mass is 9.69. The molecule has 0 unspecified atom stereocenters. The highest BCUT2D eigenvalue weighted by atomic mass is 15.1. The first-order valence-electron chi connectivity index (χ1n) is 52.0. The van der Waals surface area contributed by atoms with Gasteiger partial charge in [-0.2, -0.15) is 0 Å². The maximum absolute atomic E-state index is 2.44. The van der Waals surface area contributed by atoms with E-state index in [1.165, 1.54) is 246 Å². The van der Waals surface area contributed by atoms with E-state index < -0.39 is 0 Å².